The van der Waals surface area contributed by atoms with Crippen LogP contribution in [-0.2, 0) is 16.1 Å². The van der Waals surface area contributed by atoms with Crippen LogP contribution in [0.1, 0.15) is 11.1 Å². The Morgan fingerprint density at radius 3 is 2.81 bits per heavy atom. The van der Waals surface area contributed by atoms with E-state index >= 15 is 0 Å². The molecule has 3 rings (SSSR count). The summed E-state index contributed by atoms with van der Waals surface area (Å²) in [5.74, 6) is 0.638. The Balaban J connectivity index is 1.51. The SMILES string of the molecule is COc1cccc(/C=C/C(=O)NCc2ccc(N3CCNC(=O)C3)cc2)c1. The molecule has 2 N–H and O–H groups in total. The number of carbonyl (C=O) groups excluding carboxylic acids is 2. The van der Waals surface area contributed by atoms with E-state index in [1.807, 2.05) is 53.4 Å². The molecule has 0 spiro atoms. The first kappa shape index (κ1) is 18.5. The molecule has 1 fully saturated rings. The third kappa shape index (κ3) is 5.34. The third-order valence-corrected chi connectivity index (χ3v) is 4.33. The van der Waals surface area contributed by atoms with Crippen LogP contribution in [0.25, 0.3) is 6.08 Å². The Kier molecular flexibility index (Phi) is 6.10. The lowest BCUT2D eigenvalue weighted by Crippen LogP contribution is -2.47. The molecule has 0 saturated carbocycles. The van der Waals surface area contributed by atoms with Crippen molar-refractivity contribution in [1.29, 1.82) is 0 Å². The lowest BCUT2D eigenvalue weighted by molar-refractivity contribution is -0.120. The fraction of sp³-hybridized carbons (Fsp3) is 0.238. The molecule has 2 aromatic carbocycles. The zero-order chi connectivity index (χ0) is 19.1. The summed E-state index contributed by atoms with van der Waals surface area (Å²) in [4.78, 5) is 25.5. The van der Waals surface area contributed by atoms with E-state index in [0.717, 1.165) is 29.1 Å². The molecule has 2 amide bonds. The predicted octanol–water partition coefficient (Wildman–Crippen LogP) is 1.96. The second kappa shape index (κ2) is 8.89. The second-order valence-corrected chi connectivity index (χ2v) is 6.27. The van der Waals surface area contributed by atoms with Gasteiger partial charge in [0.15, 0.2) is 0 Å². The van der Waals surface area contributed by atoms with Gasteiger partial charge in [0.05, 0.1) is 13.7 Å². The molecule has 0 unspecified atom stereocenters. The van der Waals surface area contributed by atoms with Crippen molar-refractivity contribution in [2.24, 2.45) is 0 Å². The molecule has 0 aromatic heterocycles. The molecule has 1 saturated heterocycles. The van der Waals surface area contributed by atoms with Crippen molar-refractivity contribution in [3.05, 3.63) is 65.7 Å². The topological polar surface area (TPSA) is 70.7 Å². The maximum Gasteiger partial charge on any atom is 0.244 e. The molecular weight excluding hydrogens is 342 g/mol. The Labute approximate surface area is 158 Å². The van der Waals surface area contributed by atoms with Crippen LogP contribution in [0, 0.1) is 0 Å². The average molecular weight is 365 g/mol. The molecule has 1 aliphatic heterocycles. The van der Waals surface area contributed by atoms with Crippen LogP contribution in [0.2, 0.25) is 0 Å². The molecule has 2 aromatic rings. The van der Waals surface area contributed by atoms with Crippen LogP contribution in [-0.4, -0.2) is 38.6 Å². The van der Waals surface area contributed by atoms with E-state index in [-0.39, 0.29) is 11.8 Å². The maximum atomic E-state index is 12.0. The number of methoxy groups -OCH3 is 1. The third-order valence-electron chi connectivity index (χ3n) is 4.33. The van der Waals surface area contributed by atoms with Crippen LogP contribution < -0.4 is 20.3 Å². The number of hydrogen-bond donors (Lipinski definition) is 2. The van der Waals surface area contributed by atoms with Crippen molar-refractivity contribution < 1.29 is 14.3 Å². The van der Waals surface area contributed by atoms with Crippen LogP contribution >= 0.6 is 0 Å². The van der Waals surface area contributed by atoms with Gasteiger partial charge in [0.1, 0.15) is 5.75 Å². The molecule has 1 aliphatic rings. The first-order chi connectivity index (χ1) is 13.1. The normalized spacial score (nSPS) is 14.1. The van der Waals surface area contributed by atoms with E-state index < -0.39 is 0 Å². The van der Waals surface area contributed by atoms with Gasteiger partial charge in [-0.2, -0.15) is 0 Å². The molecule has 6 heteroatoms. The van der Waals surface area contributed by atoms with E-state index in [9.17, 15) is 9.59 Å². The fourth-order valence-electron chi connectivity index (χ4n) is 2.85. The lowest BCUT2D eigenvalue weighted by Gasteiger charge is -2.28. The van der Waals surface area contributed by atoms with E-state index in [1.54, 1.807) is 13.2 Å². The first-order valence-electron chi connectivity index (χ1n) is 8.84. The fourth-order valence-corrected chi connectivity index (χ4v) is 2.85. The lowest BCUT2D eigenvalue weighted by atomic mass is 10.1. The van der Waals surface area contributed by atoms with Gasteiger partial charge >= 0.3 is 0 Å². The van der Waals surface area contributed by atoms with Gasteiger partial charge in [0, 0.05) is 31.4 Å². The number of anilines is 1. The summed E-state index contributed by atoms with van der Waals surface area (Å²) < 4.78 is 5.17. The summed E-state index contributed by atoms with van der Waals surface area (Å²) >= 11 is 0. The number of amides is 2. The summed E-state index contributed by atoms with van der Waals surface area (Å²) in [6.45, 7) is 2.29. The molecule has 1 heterocycles. The van der Waals surface area contributed by atoms with Gasteiger partial charge < -0.3 is 20.3 Å². The minimum atomic E-state index is -0.158. The molecule has 140 valence electrons. The van der Waals surface area contributed by atoms with Crippen LogP contribution in [0.5, 0.6) is 5.75 Å². The molecule has 6 nitrogen and oxygen atoms in total. The van der Waals surface area contributed by atoms with Crippen LogP contribution in [0.15, 0.2) is 54.6 Å². The van der Waals surface area contributed by atoms with Crippen LogP contribution in [0.4, 0.5) is 5.69 Å². The van der Waals surface area contributed by atoms with Crippen molar-refractivity contribution in [2.75, 3.05) is 31.6 Å². The molecule has 27 heavy (non-hydrogen) atoms. The van der Waals surface area contributed by atoms with Gasteiger partial charge in [0.2, 0.25) is 11.8 Å². The highest BCUT2D eigenvalue weighted by Crippen LogP contribution is 2.16. The average Bonchev–Trinajstić information content (AvgIpc) is 2.71. The van der Waals surface area contributed by atoms with E-state index in [1.165, 1.54) is 6.08 Å². The molecule has 0 radical (unpaired) electrons. The van der Waals surface area contributed by atoms with Crippen molar-refractivity contribution >= 4 is 23.6 Å². The summed E-state index contributed by atoms with van der Waals surface area (Å²) in [5.41, 5.74) is 2.92. The van der Waals surface area contributed by atoms with E-state index in [4.69, 9.17) is 4.74 Å². The van der Waals surface area contributed by atoms with Gasteiger partial charge in [-0.15, -0.1) is 0 Å². The Hall–Kier alpha value is -3.28. The zero-order valence-corrected chi connectivity index (χ0v) is 15.3. The van der Waals surface area contributed by atoms with Gasteiger partial charge in [-0.1, -0.05) is 24.3 Å². The monoisotopic (exact) mass is 365 g/mol. The standard InChI is InChI=1S/C21H23N3O3/c1-27-19-4-2-3-16(13-19)7-10-20(25)23-14-17-5-8-18(9-6-17)24-12-11-22-21(26)15-24/h2-10,13H,11-12,14-15H2,1H3,(H,22,26)(H,23,25)/b10-7+. The highest BCUT2D eigenvalue weighted by Gasteiger charge is 2.16. The second-order valence-electron chi connectivity index (χ2n) is 6.27. The summed E-state index contributed by atoms with van der Waals surface area (Å²) in [5, 5.41) is 5.68. The van der Waals surface area contributed by atoms with Crippen molar-refractivity contribution in [3.63, 3.8) is 0 Å². The van der Waals surface area contributed by atoms with Crippen molar-refractivity contribution in [3.8, 4) is 5.75 Å². The Morgan fingerprint density at radius 1 is 1.26 bits per heavy atom. The minimum absolute atomic E-state index is 0.0420. The predicted molar refractivity (Wildman–Crippen MR) is 106 cm³/mol. The summed E-state index contributed by atoms with van der Waals surface area (Å²) in [6.07, 6.45) is 3.26. The molecule has 0 bridgehead atoms. The number of nitrogens with zero attached hydrogens (tertiary/aromatic N) is 1. The molecular formula is C21H23N3O3. The first-order valence-corrected chi connectivity index (χ1v) is 8.84. The number of carbonyl (C=O) groups is 2. The van der Waals surface area contributed by atoms with Gasteiger partial charge in [-0.25, -0.2) is 0 Å². The quantitative estimate of drug-likeness (QED) is 0.768. The smallest absolute Gasteiger partial charge is 0.244 e. The minimum Gasteiger partial charge on any atom is -0.497 e. The van der Waals surface area contributed by atoms with Crippen LogP contribution in [0.3, 0.4) is 0 Å². The van der Waals surface area contributed by atoms with Gasteiger partial charge in [0.25, 0.3) is 0 Å². The Bertz CT molecular complexity index is 831. The van der Waals surface area contributed by atoms with E-state index in [2.05, 4.69) is 10.6 Å². The summed E-state index contributed by atoms with van der Waals surface area (Å²) in [7, 11) is 1.61. The highest BCUT2D eigenvalue weighted by molar-refractivity contribution is 5.91. The zero-order valence-electron chi connectivity index (χ0n) is 15.3. The molecule has 0 aliphatic carbocycles. The molecule has 0 atom stereocenters. The number of nitrogens with one attached hydrogen (secondary N) is 2. The summed E-state index contributed by atoms with van der Waals surface area (Å²) in [6, 6.07) is 15.4. The van der Waals surface area contributed by atoms with Crippen molar-refractivity contribution in [2.45, 2.75) is 6.54 Å². The Morgan fingerprint density at radius 2 is 2.07 bits per heavy atom. The van der Waals surface area contributed by atoms with E-state index in [0.29, 0.717) is 19.6 Å². The number of hydrogen-bond acceptors (Lipinski definition) is 4. The maximum absolute atomic E-state index is 12.0. The highest BCUT2D eigenvalue weighted by atomic mass is 16.5. The number of piperazine rings is 1. The number of ether oxygens (including phenoxy) is 1. The largest absolute Gasteiger partial charge is 0.497 e. The van der Waals surface area contributed by atoms with Crippen molar-refractivity contribution in [1.82, 2.24) is 10.6 Å². The van der Waals surface area contributed by atoms with Gasteiger partial charge in [-0.05, 0) is 41.5 Å². The number of benzene rings is 2. The number of rotatable bonds is 6. The van der Waals surface area contributed by atoms with Gasteiger partial charge in [-0.3, -0.25) is 9.59 Å².